The highest BCUT2D eigenvalue weighted by molar-refractivity contribution is 9.11. The minimum Gasteiger partial charge on any atom is -0.0842 e. The predicted molar refractivity (Wildman–Crippen MR) is 174 cm³/mol. The van der Waals surface area contributed by atoms with E-state index in [-0.39, 0.29) is 0 Å². The zero-order chi connectivity index (χ0) is 26.5. The van der Waals surface area contributed by atoms with Gasteiger partial charge in [-0.15, -0.1) is 0 Å². The number of fused-ring (bicyclic) bond motifs is 6. The van der Waals surface area contributed by atoms with Crippen molar-refractivity contribution in [3.63, 3.8) is 0 Å². The highest BCUT2D eigenvalue weighted by atomic mass is 79.9. The standard InChI is InChI=1S/C38H30Br2/c39-29-19-17-27-34-24(29)14-8-16-26(34)36-32(22-11-5-2-6-12-22)38-28-18-20-30(40)23-13-7-15-25(33(23)28)35(38)31(37(27)36)21-9-3-1-4-10-21/h1-3,5,7,9,11,13-15,17-20,23,33,35,38H,4,6,8,10,12,16H2. The topological polar surface area (TPSA) is 0 Å². The number of allylic oxidation sites excluding steroid dienone is 20. The van der Waals surface area contributed by atoms with Gasteiger partial charge in [-0.3, -0.25) is 0 Å². The van der Waals surface area contributed by atoms with Gasteiger partial charge in [-0.2, -0.15) is 0 Å². The van der Waals surface area contributed by atoms with Gasteiger partial charge >= 0.3 is 0 Å². The quantitative estimate of drug-likeness (QED) is 0.301. The second-order valence-corrected chi connectivity index (χ2v) is 14.0. The van der Waals surface area contributed by atoms with Crippen LogP contribution < -0.4 is 10.4 Å². The summed E-state index contributed by atoms with van der Waals surface area (Å²) in [5, 5.41) is 2.92. The van der Waals surface area contributed by atoms with Gasteiger partial charge in [0.2, 0.25) is 0 Å². The van der Waals surface area contributed by atoms with Crippen molar-refractivity contribution in [1.82, 2.24) is 0 Å². The Kier molecular flexibility index (Phi) is 5.34. The van der Waals surface area contributed by atoms with Crippen molar-refractivity contribution in [2.45, 2.75) is 38.5 Å². The van der Waals surface area contributed by atoms with Crippen molar-refractivity contribution in [2.24, 2.45) is 23.7 Å². The third-order valence-corrected chi connectivity index (χ3v) is 11.9. The molecule has 9 rings (SSSR count). The van der Waals surface area contributed by atoms with Gasteiger partial charge in [-0.25, -0.2) is 0 Å². The molecule has 0 spiro atoms. The third kappa shape index (κ3) is 3.13. The number of hydrogen-bond acceptors (Lipinski definition) is 0. The first-order valence-corrected chi connectivity index (χ1v) is 16.5. The Morgan fingerprint density at radius 1 is 0.650 bits per heavy atom. The van der Waals surface area contributed by atoms with Crippen LogP contribution in [0.4, 0.5) is 0 Å². The third-order valence-electron chi connectivity index (χ3n) is 10.4. The van der Waals surface area contributed by atoms with Gasteiger partial charge in [0.15, 0.2) is 0 Å². The molecule has 0 saturated heterocycles. The fourth-order valence-electron chi connectivity index (χ4n) is 9.01. The van der Waals surface area contributed by atoms with E-state index in [1.54, 1.807) is 50.2 Å². The molecule has 2 heteroatoms. The van der Waals surface area contributed by atoms with Gasteiger partial charge in [0.05, 0.1) is 0 Å². The van der Waals surface area contributed by atoms with Crippen molar-refractivity contribution in [2.75, 3.05) is 0 Å². The second-order valence-electron chi connectivity index (χ2n) is 12.2. The van der Waals surface area contributed by atoms with E-state index >= 15 is 0 Å². The smallest absolute Gasteiger partial charge is 0.0251 e. The number of benzene rings is 1. The fraction of sp³-hybridized carbons (Fsp3) is 0.263. The van der Waals surface area contributed by atoms with Crippen LogP contribution in [0.3, 0.4) is 0 Å². The molecule has 40 heavy (non-hydrogen) atoms. The summed E-state index contributed by atoms with van der Waals surface area (Å²) in [5.41, 5.74) is 15.9. The first-order chi connectivity index (χ1) is 19.7. The van der Waals surface area contributed by atoms with E-state index in [1.165, 1.54) is 25.0 Å². The average Bonchev–Trinajstić information content (AvgIpc) is 3.51. The molecule has 0 nitrogen and oxygen atoms in total. The Morgan fingerprint density at radius 2 is 1.38 bits per heavy atom. The minimum atomic E-state index is 0.387. The minimum absolute atomic E-state index is 0.387. The number of rotatable bonds is 2. The zero-order valence-electron chi connectivity index (χ0n) is 22.4. The van der Waals surface area contributed by atoms with Crippen LogP contribution >= 0.6 is 31.9 Å². The van der Waals surface area contributed by atoms with Gasteiger partial charge in [0.1, 0.15) is 0 Å². The number of hydrogen-bond donors (Lipinski definition) is 0. The lowest BCUT2D eigenvalue weighted by atomic mass is 9.65. The lowest BCUT2D eigenvalue weighted by Gasteiger charge is -2.38. The molecule has 4 unspecified atom stereocenters. The van der Waals surface area contributed by atoms with Crippen LogP contribution in [0.5, 0.6) is 0 Å². The van der Waals surface area contributed by atoms with Crippen LogP contribution in [0.25, 0.3) is 17.2 Å². The first kappa shape index (κ1) is 24.0. The van der Waals surface area contributed by atoms with Crippen LogP contribution in [0, 0.1) is 23.7 Å². The summed E-state index contributed by atoms with van der Waals surface area (Å²) in [6.07, 6.45) is 35.5. The second kappa shape index (κ2) is 8.91. The van der Waals surface area contributed by atoms with E-state index in [4.69, 9.17) is 0 Å². The summed E-state index contributed by atoms with van der Waals surface area (Å²) in [7, 11) is 0. The Morgan fingerprint density at radius 3 is 2.10 bits per heavy atom. The van der Waals surface area contributed by atoms with E-state index in [1.807, 2.05) is 0 Å². The zero-order valence-corrected chi connectivity index (χ0v) is 25.6. The van der Waals surface area contributed by atoms with Crippen molar-refractivity contribution in [3.8, 4) is 0 Å². The molecule has 8 aliphatic rings. The molecule has 1 aromatic carbocycles. The van der Waals surface area contributed by atoms with Crippen LogP contribution in [-0.2, 0) is 0 Å². The maximum absolute atomic E-state index is 3.97. The highest BCUT2D eigenvalue weighted by Gasteiger charge is 2.54. The monoisotopic (exact) mass is 644 g/mol. The molecule has 0 heterocycles. The molecule has 196 valence electrons. The molecule has 1 saturated carbocycles. The molecule has 8 aliphatic carbocycles. The molecule has 4 atom stereocenters. The van der Waals surface area contributed by atoms with Gasteiger partial charge in [-0.1, -0.05) is 122 Å². The molecule has 0 amide bonds. The summed E-state index contributed by atoms with van der Waals surface area (Å²) in [6, 6.07) is 4.73. The van der Waals surface area contributed by atoms with Crippen molar-refractivity contribution in [3.05, 3.63) is 143 Å². The molecule has 0 radical (unpaired) electrons. The summed E-state index contributed by atoms with van der Waals surface area (Å²) in [4.78, 5) is 0. The highest BCUT2D eigenvalue weighted by Crippen LogP contribution is 2.66. The lowest BCUT2D eigenvalue weighted by molar-refractivity contribution is 0.597. The lowest BCUT2D eigenvalue weighted by Crippen LogP contribution is -2.31. The van der Waals surface area contributed by atoms with E-state index in [0.29, 0.717) is 23.7 Å². The van der Waals surface area contributed by atoms with E-state index in [2.05, 4.69) is 117 Å². The van der Waals surface area contributed by atoms with Crippen LogP contribution in [0.1, 0.15) is 44.1 Å². The molecule has 0 N–H and O–H groups in total. The molecule has 1 fully saturated rings. The van der Waals surface area contributed by atoms with Crippen LogP contribution in [0.15, 0.2) is 127 Å². The first-order valence-electron chi connectivity index (χ1n) is 14.9. The van der Waals surface area contributed by atoms with E-state index < -0.39 is 0 Å². The van der Waals surface area contributed by atoms with E-state index in [9.17, 15) is 0 Å². The molecular formula is C38H30Br2. The number of halogens is 2. The molecule has 1 aromatic rings. The molecule has 0 bridgehead atoms. The van der Waals surface area contributed by atoms with Gasteiger partial charge in [-0.05, 0) is 99.6 Å². The normalized spacial score (nSPS) is 30.6. The fourth-order valence-corrected chi connectivity index (χ4v) is 10.0. The SMILES string of the molecule is BrC1=CC=C2C3C(=CC=CC13)C1C(C3=CC=CCC3)=C3C(=C(C4=CC=CCC4)C21)C1=c2c3ccc(Br)c2=CCC1. The van der Waals surface area contributed by atoms with Gasteiger partial charge < -0.3 is 0 Å². The van der Waals surface area contributed by atoms with Crippen molar-refractivity contribution in [1.29, 1.82) is 0 Å². The Hall–Kier alpha value is -2.68. The molecule has 0 aliphatic heterocycles. The largest absolute Gasteiger partial charge is 0.0842 e. The summed E-state index contributed by atoms with van der Waals surface area (Å²) in [6.45, 7) is 0. The van der Waals surface area contributed by atoms with Crippen LogP contribution in [-0.4, -0.2) is 0 Å². The maximum atomic E-state index is 3.97. The average molecular weight is 646 g/mol. The van der Waals surface area contributed by atoms with Crippen molar-refractivity contribution >= 4 is 49.1 Å². The maximum Gasteiger partial charge on any atom is 0.0251 e. The molecule has 0 aromatic heterocycles. The van der Waals surface area contributed by atoms with Gasteiger partial charge in [0.25, 0.3) is 0 Å². The van der Waals surface area contributed by atoms with Crippen molar-refractivity contribution < 1.29 is 0 Å². The Labute approximate surface area is 253 Å². The van der Waals surface area contributed by atoms with E-state index in [0.717, 1.165) is 38.5 Å². The summed E-state index contributed by atoms with van der Waals surface area (Å²) < 4.78 is 2.56. The van der Waals surface area contributed by atoms with Crippen LogP contribution in [0.2, 0.25) is 0 Å². The summed E-state index contributed by atoms with van der Waals surface area (Å²) >= 11 is 7.90. The molecular weight excluding hydrogens is 616 g/mol. The van der Waals surface area contributed by atoms with Gasteiger partial charge in [0, 0.05) is 32.6 Å². The predicted octanol–water partition coefficient (Wildman–Crippen LogP) is 9.00. The Balaban J connectivity index is 1.46. The Bertz CT molecular complexity index is 1870. The summed E-state index contributed by atoms with van der Waals surface area (Å²) in [5.74, 6) is 1.65.